The van der Waals surface area contributed by atoms with Crippen LogP contribution in [0.4, 0.5) is 0 Å². The quantitative estimate of drug-likeness (QED) is 0.256. The van der Waals surface area contributed by atoms with Crippen molar-refractivity contribution < 1.29 is 9.53 Å². The Hall–Kier alpha value is -3.45. The summed E-state index contributed by atoms with van der Waals surface area (Å²) in [5, 5.41) is 0.524. The second-order valence-electron chi connectivity index (χ2n) is 9.09. The average molecular weight is 548 g/mol. The summed E-state index contributed by atoms with van der Waals surface area (Å²) in [4.78, 5) is 34.2. The number of fused-ring (bicyclic) bond motifs is 1. The molecule has 0 spiro atoms. The van der Waals surface area contributed by atoms with E-state index in [2.05, 4.69) is 29.8 Å². The molecular weight excluding hydrogens is 518 g/mol. The molecule has 4 rings (SSSR count). The number of carbonyl (C=O) groups is 1. The molecule has 0 radical (unpaired) electrons. The van der Waals surface area contributed by atoms with Crippen molar-refractivity contribution in [3.05, 3.63) is 99.0 Å². The summed E-state index contributed by atoms with van der Waals surface area (Å²) >= 11 is 3.47. The van der Waals surface area contributed by atoms with Crippen molar-refractivity contribution in [2.24, 2.45) is 5.92 Å². The van der Waals surface area contributed by atoms with Gasteiger partial charge in [-0.1, -0.05) is 48.0 Å². The zero-order valence-corrected chi connectivity index (χ0v) is 22.5. The number of carbonyl (C=O) groups excluding carboxylic acids is 1. The van der Waals surface area contributed by atoms with Crippen LogP contribution in [0.2, 0.25) is 0 Å². The van der Waals surface area contributed by atoms with Gasteiger partial charge in [-0.05, 0) is 74.4 Å². The van der Waals surface area contributed by atoms with Crippen LogP contribution in [0, 0.1) is 5.92 Å². The molecule has 0 aliphatic carbocycles. The Labute approximate surface area is 219 Å². The smallest absolute Gasteiger partial charge is 0.266 e. The van der Waals surface area contributed by atoms with E-state index in [-0.39, 0.29) is 17.4 Å². The van der Waals surface area contributed by atoms with Crippen LogP contribution in [0.15, 0.2) is 82.1 Å². The molecule has 0 aliphatic heterocycles. The zero-order chi connectivity index (χ0) is 25.8. The Balaban J connectivity index is 1.89. The van der Waals surface area contributed by atoms with Gasteiger partial charge in [0.15, 0.2) is 0 Å². The van der Waals surface area contributed by atoms with E-state index < -0.39 is 6.04 Å². The number of benzene rings is 3. The fraction of sp³-hybridized carbons (Fsp3) is 0.276. The Bertz CT molecular complexity index is 1430. The largest absolute Gasteiger partial charge is 0.494 e. The van der Waals surface area contributed by atoms with Gasteiger partial charge < -0.3 is 9.64 Å². The van der Waals surface area contributed by atoms with Crippen molar-refractivity contribution in [1.29, 1.82) is 0 Å². The summed E-state index contributed by atoms with van der Waals surface area (Å²) < 4.78 is 8.04. The van der Waals surface area contributed by atoms with Crippen LogP contribution in [0.3, 0.4) is 0 Å². The summed E-state index contributed by atoms with van der Waals surface area (Å²) in [5.74, 6) is 1.34. The number of aromatic nitrogens is 2. The van der Waals surface area contributed by atoms with Crippen LogP contribution in [0.25, 0.3) is 16.6 Å². The number of amides is 1. The highest BCUT2D eigenvalue weighted by atomic mass is 79.9. The molecule has 1 heterocycles. The molecule has 1 unspecified atom stereocenters. The SMILES string of the molecule is CCOc1ccc(-n2c(C(C)N(CC(C)C)C(=O)c3cccc(Br)c3)nc3ccccc3c2=O)cc1. The summed E-state index contributed by atoms with van der Waals surface area (Å²) in [7, 11) is 0. The van der Waals surface area contributed by atoms with Gasteiger partial charge in [-0.25, -0.2) is 4.98 Å². The maximum atomic E-state index is 13.8. The first kappa shape index (κ1) is 25.6. The standard InChI is InChI=1S/C29H30BrN3O3/c1-5-36-24-15-13-23(14-16-24)33-27(31-26-12-7-6-11-25(26)29(33)35)20(4)32(18-19(2)3)28(34)21-9-8-10-22(30)17-21/h6-17,19-20H,5,18H2,1-4H3. The van der Waals surface area contributed by atoms with Crippen molar-refractivity contribution in [1.82, 2.24) is 14.5 Å². The minimum Gasteiger partial charge on any atom is -0.494 e. The van der Waals surface area contributed by atoms with Gasteiger partial charge >= 0.3 is 0 Å². The highest BCUT2D eigenvalue weighted by Crippen LogP contribution is 2.27. The first-order valence-electron chi connectivity index (χ1n) is 12.1. The lowest BCUT2D eigenvalue weighted by Gasteiger charge is -2.32. The van der Waals surface area contributed by atoms with Crippen molar-refractivity contribution in [2.75, 3.05) is 13.2 Å². The van der Waals surface area contributed by atoms with Crippen LogP contribution in [-0.4, -0.2) is 33.5 Å². The van der Waals surface area contributed by atoms with E-state index in [0.29, 0.717) is 41.1 Å². The molecule has 4 aromatic rings. The number of rotatable bonds is 8. The normalized spacial score (nSPS) is 12.1. The Morgan fingerprint density at radius 1 is 1.03 bits per heavy atom. The maximum Gasteiger partial charge on any atom is 0.266 e. The lowest BCUT2D eigenvalue weighted by Crippen LogP contribution is -2.39. The molecule has 36 heavy (non-hydrogen) atoms. The number of nitrogens with zero attached hydrogens (tertiary/aromatic N) is 3. The Morgan fingerprint density at radius 2 is 1.75 bits per heavy atom. The van der Waals surface area contributed by atoms with E-state index >= 15 is 0 Å². The highest BCUT2D eigenvalue weighted by molar-refractivity contribution is 9.10. The minimum atomic E-state index is -0.470. The first-order valence-corrected chi connectivity index (χ1v) is 12.9. The van der Waals surface area contributed by atoms with Crippen LogP contribution >= 0.6 is 15.9 Å². The molecule has 0 aliphatic rings. The molecule has 1 aromatic heterocycles. The van der Waals surface area contributed by atoms with Gasteiger partial charge in [0.2, 0.25) is 0 Å². The average Bonchev–Trinajstić information content (AvgIpc) is 2.87. The van der Waals surface area contributed by atoms with Crippen molar-refractivity contribution >= 4 is 32.7 Å². The van der Waals surface area contributed by atoms with Crippen LogP contribution in [0.5, 0.6) is 5.75 Å². The summed E-state index contributed by atoms with van der Waals surface area (Å²) in [6.07, 6.45) is 0. The van der Waals surface area contributed by atoms with Crippen molar-refractivity contribution in [3.63, 3.8) is 0 Å². The summed E-state index contributed by atoms with van der Waals surface area (Å²) in [6.45, 7) is 9.07. The third kappa shape index (κ3) is 5.36. The summed E-state index contributed by atoms with van der Waals surface area (Å²) in [5.41, 5.74) is 1.67. The van der Waals surface area contributed by atoms with Crippen LogP contribution in [0.1, 0.15) is 49.9 Å². The third-order valence-corrected chi connectivity index (χ3v) is 6.44. The number of ether oxygens (including phenoxy) is 1. The molecule has 3 aromatic carbocycles. The molecule has 1 amide bonds. The Kier molecular flexibility index (Phi) is 7.89. The summed E-state index contributed by atoms with van der Waals surface area (Å²) in [6, 6.07) is 21.6. The van der Waals surface area contributed by atoms with E-state index in [1.165, 1.54) is 0 Å². The van der Waals surface area contributed by atoms with Gasteiger partial charge in [0.1, 0.15) is 11.6 Å². The molecule has 7 heteroatoms. The van der Waals surface area contributed by atoms with Crippen molar-refractivity contribution in [3.8, 4) is 11.4 Å². The number of halogens is 1. The minimum absolute atomic E-state index is 0.113. The monoisotopic (exact) mass is 547 g/mol. The molecule has 0 bridgehead atoms. The molecule has 186 valence electrons. The molecule has 6 nitrogen and oxygen atoms in total. The third-order valence-electron chi connectivity index (χ3n) is 5.94. The molecular formula is C29H30BrN3O3. The van der Waals surface area contributed by atoms with Gasteiger partial charge in [0.25, 0.3) is 11.5 Å². The predicted molar refractivity (Wildman–Crippen MR) is 147 cm³/mol. The number of hydrogen-bond acceptors (Lipinski definition) is 4. The fourth-order valence-electron chi connectivity index (χ4n) is 4.27. The molecule has 0 N–H and O–H groups in total. The number of hydrogen-bond donors (Lipinski definition) is 0. The van der Waals surface area contributed by atoms with E-state index in [0.717, 1.165) is 10.2 Å². The van der Waals surface area contributed by atoms with Crippen LogP contribution < -0.4 is 10.3 Å². The lowest BCUT2D eigenvalue weighted by molar-refractivity contribution is 0.0655. The van der Waals surface area contributed by atoms with Crippen molar-refractivity contribution in [2.45, 2.75) is 33.7 Å². The maximum absolute atomic E-state index is 13.8. The van der Waals surface area contributed by atoms with E-state index in [1.807, 2.05) is 74.5 Å². The molecule has 0 saturated heterocycles. The highest BCUT2D eigenvalue weighted by Gasteiger charge is 2.28. The predicted octanol–water partition coefficient (Wildman–Crippen LogP) is 6.41. The van der Waals surface area contributed by atoms with E-state index in [9.17, 15) is 9.59 Å². The van der Waals surface area contributed by atoms with E-state index in [1.54, 1.807) is 21.6 Å². The van der Waals surface area contributed by atoms with E-state index in [4.69, 9.17) is 9.72 Å². The molecule has 0 saturated carbocycles. The topological polar surface area (TPSA) is 64.4 Å². The van der Waals surface area contributed by atoms with Gasteiger partial charge in [-0.3, -0.25) is 14.2 Å². The zero-order valence-electron chi connectivity index (χ0n) is 20.9. The van der Waals surface area contributed by atoms with Gasteiger partial charge in [-0.2, -0.15) is 0 Å². The van der Waals surface area contributed by atoms with Gasteiger partial charge in [0.05, 0.1) is 29.2 Å². The van der Waals surface area contributed by atoms with Crippen LogP contribution in [-0.2, 0) is 0 Å². The second kappa shape index (κ2) is 11.1. The van der Waals surface area contributed by atoms with Gasteiger partial charge in [-0.15, -0.1) is 0 Å². The second-order valence-corrected chi connectivity index (χ2v) is 10.0. The first-order chi connectivity index (χ1) is 17.3. The molecule has 0 fully saturated rings. The lowest BCUT2D eigenvalue weighted by atomic mass is 10.1. The molecule has 1 atom stereocenters. The fourth-order valence-corrected chi connectivity index (χ4v) is 4.67. The number of para-hydroxylation sites is 1. The van der Waals surface area contributed by atoms with Gasteiger partial charge in [0, 0.05) is 16.6 Å². The Morgan fingerprint density at radius 3 is 2.42 bits per heavy atom.